The predicted molar refractivity (Wildman–Crippen MR) is 163 cm³/mol. The summed E-state index contributed by atoms with van der Waals surface area (Å²) < 4.78 is 16.7. The van der Waals surface area contributed by atoms with Gasteiger partial charge in [-0.15, -0.1) is 11.3 Å². The zero-order valence-corrected chi connectivity index (χ0v) is 24.4. The summed E-state index contributed by atoms with van der Waals surface area (Å²) in [7, 11) is 1.37. The van der Waals surface area contributed by atoms with E-state index in [0.29, 0.717) is 35.2 Å². The summed E-state index contributed by atoms with van der Waals surface area (Å²) in [4.78, 5) is 36.3. The topological polar surface area (TPSA) is 94.8 Å². The maximum atomic E-state index is 13.2. The first-order chi connectivity index (χ1) is 20.5. The van der Waals surface area contributed by atoms with Crippen molar-refractivity contribution in [2.45, 2.75) is 26.2 Å². The van der Waals surface area contributed by atoms with Gasteiger partial charge in [-0.1, -0.05) is 12.1 Å². The third-order valence-electron chi connectivity index (χ3n) is 7.72. The largest absolute Gasteiger partial charge is 0.493 e. The summed E-state index contributed by atoms with van der Waals surface area (Å²) in [6.07, 6.45) is 5.76. The number of anilines is 1. The van der Waals surface area contributed by atoms with Crippen LogP contribution in [0.15, 0.2) is 76.8 Å². The molecule has 0 amide bonds. The first kappa shape index (κ1) is 27.7. The zero-order valence-electron chi connectivity index (χ0n) is 23.5. The van der Waals surface area contributed by atoms with E-state index < -0.39 is 0 Å². The Hall–Kier alpha value is -4.50. The van der Waals surface area contributed by atoms with Gasteiger partial charge in [-0.05, 0) is 73.7 Å². The number of esters is 1. The number of carbonyl (C=O) groups excluding carboxylic acids is 2. The smallest absolute Gasteiger partial charge is 0.337 e. The van der Waals surface area contributed by atoms with Crippen molar-refractivity contribution in [2.75, 3.05) is 31.7 Å². The van der Waals surface area contributed by atoms with E-state index >= 15 is 0 Å². The van der Waals surface area contributed by atoms with Gasteiger partial charge in [-0.3, -0.25) is 4.79 Å². The van der Waals surface area contributed by atoms with Gasteiger partial charge in [0.25, 0.3) is 0 Å². The fourth-order valence-electron chi connectivity index (χ4n) is 5.33. The third-order valence-corrected chi connectivity index (χ3v) is 8.54. The third kappa shape index (κ3) is 5.92. The number of benzene rings is 2. The van der Waals surface area contributed by atoms with E-state index in [4.69, 9.17) is 13.9 Å². The number of nitrogens with zero attached hydrogens (tertiary/aromatic N) is 3. The highest BCUT2D eigenvalue weighted by atomic mass is 32.1. The molecule has 214 valence electrons. The summed E-state index contributed by atoms with van der Waals surface area (Å²) in [6, 6.07) is 17.0. The zero-order chi connectivity index (χ0) is 29.1. The summed E-state index contributed by atoms with van der Waals surface area (Å²) >= 11 is 1.58. The predicted octanol–water partition coefficient (Wildman–Crippen LogP) is 6.77. The lowest BCUT2D eigenvalue weighted by Crippen LogP contribution is -2.36. The standard InChI is InChI=1S/C33H31N3O5S/c1-21-27-18-24(32-34-12-15-42-32)7-8-29(27)41-31(21)28(37)16-23-6-9-30(35-19-23)36-13-10-22(11-14-36)20-40-26-5-3-4-25(17-26)33(38)39-2/h3-9,12,15,17-19,22H,10-11,13-14,16,20H2,1-2H3. The summed E-state index contributed by atoms with van der Waals surface area (Å²) in [5, 5.41) is 3.82. The number of furan rings is 1. The maximum absolute atomic E-state index is 13.2. The van der Waals surface area contributed by atoms with Crippen LogP contribution >= 0.6 is 11.3 Å². The van der Waals surface area contributed by atoms with Crippen LogP contribution in [0.1, 0.15) is 44.9 Å². The van der Waals surface area contributed by atoms with Crippen molar-refractivity contribution in [1.29, 1.82) is 0 Å². The quantitative estimate of drug-likeness (QED) is 0.139. The molecule has 0 atom stereocenters. The lowest BCUT2D eigenvalue weighted by atomic mass is 9.97. The SMILES string of the molecule is COC(=O)c1cccc(OCC2CCN(c3ccc(CC(=O)c4oc5ccc(-c6nccs6)cc5c4C)cn3)CC2)c1. The molecular formula is C33H31N3O5S. The number of ketones is 1. The highest BCUT2D eigenvalue weighted by molar-refractivity contribution is 7.13. The molecule has 8 nitrogen and oxygen atoms in total. The van der Waals surface area contributed by atoms with Crippen molar-refractivity contribution in [1.82, 2.24) is 9.97 Å². The van der Waals surface area contributed by atoms with Gasteiger partial charge in [0.15, 0.2) is 5.76 Å². The minimum Gasteiger partial charge on any atom is -0.493 e. The molecule has 0 aliphatic carbocycles. The van der Waals surface area contributed by atoms with E-state index in [1.165, 1.54) is 7.11 Å². The molecule has 1 aliphatic rings. The van der Waals surface area contributed by atoms with Crippen molar-refractivity contribution >= 4 is 39.9 Å². The minimum atomic E-state index is -0.372. The van der Waals surface area contributed by atoms with Crippen molar-refractivity contribution in [3.8, 4) is 16.3 Å². The Balaban J connectivity index is 1.03. The lowest BCUT2D eigenvalue weighted by molar-refractivity contribution is 0.0600. The van der Waals surface area contributed by atoms with Crippen LogP contribution in [0.3, 0.4) is 0 Å². The van der Waals surface area contributed by atoms with E-state index in [-0.39, 0.29) is 18.2 Å². The number of hydrogen-bond acceptors (Lipinski definition) is 9. The highest BCUT2D eigenvalue weighted by Crippen LogP contribution is 2.32. The van der Waals surface area contributed by atoms with Gasteiger partial charge in [-0.25, -0.2) is 14.8 Å². The fourth-order valence-corrected chi connectivity index (χ4v) is 5.97. The van der Waals surface area contributed by atoms with Crippen molar-refractivity contribution in [2.24, 2.45) is 5.92 Å². The molecule has 1 fully saturated rings. The van der Waals surface area contributed by atoms with E-state index in [9.17, 15) is 9.59 Å². The van der Waals surface area contributed by atoms with Gasteiger partial charge < -0.3 is 18.8 Å². The molecule has 0 bridgehead atoms. The Morgan fingerprint density at radius 3 is 2.67 bits per heavy atom. The Morgan fingerprint density at radius 2 is 1.93 bits per heavy atom. The second kappa shape index (κ2) is 12.2. The molecule has 1 aliphatic heterocycles. The number of ether oxygens (including phenoxy) is 2. The fraction of sp³-hybridized carbons (Fsp3) is 0.273. The average molecular weight is 582 g/mol. The molecule has 0 N–H and O–H groups in total. The van der Waals surface area contributed by atoms with E-state index in [0.717, 1.165) is 58.8 Å². The molecule has 0 spiro atoms. The molecule has 0 unspecified atom stereocenters. The number of piperidine rings is 1. The van der Waals surface area contributed by atoms with Crippen LogP contribution in [-0.2, 0) is 11.2 Å². The Labute approximate surface area is 247 Å². The molecule has 3 aromatic heterocycles. The number of methoxy groups -OCH3 is 1. The summed E-state index contributed by atoms with van der Waals surface area (Å²) in [5.41, 5.74) is 3.90. The van der Waals surface area contributed by atoms with Crippen LogP contribution in [0, 0.1) is 12.8 Å². The molecule has 1 saturated heterocycles. The van der Waals surface area contributed by atoms with Gasteiger partial charge in [0.1, 0.15) is 22.2 Å². The molecule has 2 aromatic carbocycles. The number of thiazole rings is 1. The van der Waals surface area contributed by atoms with Gasteiger partial charge >= 0.3 is 5.97 Å². The molecular weight excluding hydrogens is 550 g/mol. The van der Waals surface area contributed by atoms with Crippen LogP contribution in [0.2, 0.25) is 0 Å². The number of aryl methyl sites for hydroxylation is 1. The molecule has 6 rings (SSSR count). The number of carbonyl (C=O) groups is 2. The molecule has 0 radical (unpaired) electrons. The average Bonchev–Trinajstić information content (AvgIpc) is 3.69. The van der Waals surface area contributed by atoms with Crippen LogP contribution < -0.4 is 9.64 Å². The van der Waals surface area contributed by atoms with E-state index in [1.807, 2.05) is 48.7 Å². The van der Waals surface area contributed by atoms with Gasteiger partial charge in [0.2, 0.25) is 5.78 Å². The minimum absolute atomic E-state index is 0.0630. The lowest BCUT2D eigenvalue weighted by Gasteiger charge is -2.32. The van der Waals surface area contributed by atoms with Crippen molar-refractivity contribution in [3.63, 3.8) is 0 Å². The second-order valence-corrected chi connectivity index (χ2v) is 11.4. The molecule has 5 aromatic rings. The normalized spacial score (nSPS) is 13.8. The first-order valence-electron chi connectivity index (χ1n) is 14.0. The monoisotopic (exact) mass is 581 g/mol. The van der Waals surface area contributed by atoms with Gasteiger partial charge in [-0.2, -0.15) is 0 Å². The molecule has 0 saturated carbocycles. The van der Waals surface area contributed by atoms with Crippen LogP contribution in [0.5, 0.6) is 5.75 Å². The number of aromatic nitrogens is 2. The van der Waals surface area contributed by atoms with Crippen LogP contribution in [0.4, 0.5) is 5.82 Å². The van der Waals surface area contributed by atoms with Gasteiger partial charge in [0, 0.05) is 53.8 Å². The number of rotatable bonds is 9. The van der Waals surface area contributed by atoms with Crippen LogP contribution in [0.25, 0.3) is 21.5 Å². The van der Waals surface area contributed by atoms with Crippen LogP contribution in [-0.4, -0.2) is 48.5 Å². The number of Topliss-reactive ketones (excluding diaryl/α,β-unsaturated/α-hetero) is 1. The molecule has 42 heavy (non-hydrogen) atoms. The van der Waals surface area contributed by atoms with Gasteiger partial charge in [0.05, 0.1) is 19.3 Å². The Kier molecular flexibility index (Phi) is 8.01. The number of pyridine rings is 1. The summed E-state index contributed by atoms with van der Waals surface area (Å²) in [5.74, 6) is 1.96. The molecule has 4 heterocycles. The van der Waals surface area contributed by atoms with Crippen molar-refractivity contribution < 1.29 is 23.5 Å². The maximum Gasteiger partial charge on any atom is 0.337 e. The molecule has 9 heteroatoms. The summed E-state index contributed by atoms with van der Waals surface area (Å²) in [6.45, 7) is 4.28. The van der Waals surface area contributed by atoms with Crippen molar-refractivity contribution in [3.05, 3.63) is 94.8 Å². The van der Waals surface area contributed by atoms with E-state index in [2.05, 4.69) is 14.9 Å². The Morgan fingerprint density at radius 1 is 1.07 bits per heavy atom. The second-order valence-electron chi connectivity index (χ2n) is 10.5. The number of fused-ring (bicyclic) bond motifs is 1. The Bertz CT molecular complexity index is 1700. The number of hydrogen-bond donors (Lipinski definition) is 0. The first-order valence-corrected chi connectivity index (χ1v) is 14.8. The van der Waals surface area contributed by atoms with E-state index in [1.54, 1.807) is 41.9 Å². The highest BCUT2D eigenvalue weighted by Gasteiger charge is 2.22.